The highest BCUT2D eigenvalue weighted by atomic mass is 16.2. The molecular formula is C8H18O. The molecule has 0 aromatic rings. The molecule has 0 aliphatic carbocycles. The Kier molecular flexibility index (Phi) is 1.72. The summed E-state index contributed by atoms with van der Waals surface area (Å²) in [7, 11) is 0. The third kappa shape index (κ3) is 7.96. The molecule has 0 saturated heterocycles. The lowest BCUT2D eigenvalue weighted by atomic mass is 10.1. The van der Waals surface area contributed by atoms with Gasteiger partial charge in [-0.2, -0.15) is 0 Å². The van der Waals surface area contributed by atoms with E-state index in [0.717, 1.165) is 0 Å². The summed E-state index contributed by atoms with van der Waals surface area (Å²) in [4.78, 5) is 0. The maximum absolute atomic E-state index is 8.55. The predicted molar refractivity (Wildman–Crippen MR) is 40.4 cm³/mol. The Labute approximate surface area is 67.9 Å². The zero-order valence-electron chi connectivity index (χ0n) is 12.5. The van der Waals surface area contributed by atoms with Gasteiger partial charge in [-0.05, 0) is 12.3 Å². The Morgan fingerprint density at radius 1 is 1.44 bits per heavy atom. The minimum Gasteiger partial charge on any atom is -0.396 e. The monoisotopic (exact) mass is 137 g/mol. The van der Waals surface area contributed by atoms with Gasteiger partial charge in [0.1, 0.15) is 0 Å². The second-order valence-electron chi connectivity index (χ2n) is 2.01. The van der Waals surface area contributed by atoms with Gasteiger partial charge in [0, 0.05) is 16.2 Å². The molecule has 0 heterocycles. The van der Waals surface area contributed by atoms with Crippen LogP contribution in [0.5, 0.6) is 0 Å². The molecule has 0 aliphatic rings. The first-order valence-corrected chi connectivity index (χ1v) is 3.17. The van der Waals surface area contributed by atoms with E-state index in [1.807, 2.05) is 0 Å². The fourth-order valence-corrected chi connectivity index (χ4v) is 0.590. The first-order chi connectivity index (χ1) is 7.06. The van der Waals surface area contributed by atoms with Crippen LogP contribution in [0.25, 0.3) is 0 Å². The summed E-state index contributed by atoms with van der Waals surface area (Å²) in [5.41, 5.74) is 0. The van der Waals surface area contributed by atoms with E-state index in [2.05, 4.69) is 0 Å². The summed E-state index contributed by atoms with van der Waals surface area (Å²) in [5, 5.41) is 8.55. The quantitative estimate of drug-likeness (QED) is 0.576. The van der Waals surface area contributed by atoms with Crippen LogP contribution in [0.2, 0.25) is 0 Å². The zero-order valence-corrected chi connectivity index (χ0v) is 5.48. The summed E-state index contributed by atoms with van der Waals surface area (Å²) in [6.07, 6.45) is 1.14. The van der Waals surface area contributed by atoms with Crippen molar-refractivity contribution in [3.05, 3.63) is 0 Å². The van der Waals surface area contributed by atoms with Gasteiger partial charge < -0.3 is 5.11 Å². The molecule has 1 N–H and O–H groups in total. The summed E-state index contributed by atoms with van der Waals surface area (Å²) in [6, 6.07) is 0. The average molecular weight is 137 g/mol. The molecule has 0 unspecified atom stereocenters. The summed E-state index contributed by atoms with van der Waals surface area (Å²) >= 11 is 0. The van der Waals surface area contributed by atoms with Crippen LogP contribution in [0.3, 0.4) is 0 Å². The molecule has 9 heavy (non-hydrogen) atoms. The van der Waals surface area contributed by atoms with Gasteiger partial charge in [0.25, 0.3) is 0 Å². The van der Waals surface area contributed by atoms with E-state index in [1.165, 1.54) is 0 Å². The summed E-state index contributed by atoms with van der Waals surface area (Å²) in [5.74, 6) is -2.41. The second-order valence-corrected chi connectivity index (χ2v) is 2.01. The van der Waals surface area contributed by atoms with Gasteiger partial charge in [-0.25, -0.2) is 0 Å². The van der Waals surface area contributed by atoms with Gasteiger partial charge in [0.05, 0.1) is 0 Å². The normalized spacial score (nSPS) is 26.1. The van der Waals surface area contributed by atoms with Crippen molar-refractivity contribution in [1.82, 2.24) is 0 Å². The van der Waals surface area contributed by atoms with Crippen molar-refractivity contribution in [1.29, 1.82) is 0 Å². The van der Waals surface area contributed by atoms with Crippen LogP contribution in [0.15, 0.2) is 0 Å². The number of unbranched alkanes of at least 4 members (excludes halogenated alkanes) is 2. The maximum atomic E-state index is 8.55. The van der Waals surface area contributed by atoms with E-state index < -0.39 is 19.6 Å². The molecule has 1 heteroatoms. The van der Waals surface area contributed by atoms with Gasteiger partial charge in [0.15, 0.2) is 0 Å². The second kappa shape index (κ2) is 6.09. The van der Waals surface area contributed by atoms with Crippen molar-refractivity contribution in [3.63, 3.8) is 0 Å². The highest BCUT2D eigenvalue weighted by Gasteiger charge is 1.92. The van der Waals surface area contributed by atoms with Crippen molar-refractivity contribution in [2.45, 2.75) is 39.4 Å². The average Bonchev–Trinajstić information content (AvgIpc) is 2.08. The molecule has 0 spiro atoms. The molecule has 0 radical (unpaired) electrons. The molecule has 0 bridgehead atoms. The lowest BCUT2D eigenvalue weighted by molar-refractivity contribution is 0.281. The molecule has 0 fully saturated rings. The topological polar surface area (TPSA) is 20.2 Å². The molecule has 1 nitrogen and oxygen atoms in total. The van der Waals surface area contributed by atoms with Crippen molar-refractivity contribution in [3.8, 4) is 0 Å². The minimum absolute atomic E-state index is 0.00741. The molecule has 0 amide bonds. The van der Waals surface area contributed by atoms with Crippen molar-refractivity contribution >= 4 is 0 Å². The third-order valence-corrected chi connectivity index (χ3v) is 1.08. The Bertz CT molecular complexity index is 193. The van der Waals surface area contributed by atoms with Gasteiger partial charge >= 0.3 is 0 Å². The number of hydrogen-bond acceptors (Lipinski definition) is 1. The van der Waals surface area contributed by atoms with Crippen LogP contribution in [-0.2, 0) is 0 Å². The maximum Gasteiger partial charge on any atom is 0.0431 e. The van der Waals surface area contributed by atoms with E-state index >= 15 is 0 Å². The number of rotatable bonds is 5. The number of hydrogen-bond donors (Lipinski definition) is 1. The Morgan fingerprint density at radius 3 is 2.78 bits per heavy atom. The lowest BCUT2D eigenvalue weighted by Crippen LogP contribution is -1.88. The molecule has 0 saturated carbocycles. The van der Waals surface area contributed by atoms with E-state index in [9.17, 15) is 0 Å². The molecule has 56 valence electrons. The molecule has 0 aromatic carbocycles. The molecule has 0 aromatic heterocycles. The van der Waals surface area contributed by atoms with Crippen molar-refractivity contribution in [2.75, 3.05) is 6.61 Å². The molecule has 0 rings (SSSR count). The number of aliphatic hydroxyl groups is 1. The first kappa shape index (κ1) is 2.54. The highest BCUT2D eigenvalue weighted by Crippen LogP contribution is 2.06. The van der Waals surface area contributed by atoms with Crippen LogP contribution < -0.4 is 0 Å². The lowest BCUT2D eigenvalue weighted by Gasteiger charge is -2.01. The van der Waals surface area contributed by atoms with Crippen molar-refractivity contribution < 1.29 is 14.7 Å². The minimum atomic E-state index is -2.82. The van der Waals surface area contributed by atoms with E-state index in [-0.39, 0.29) is 13.0 Å². The van der Waals surface area contributed by atoms with Gasteiger partial charge in [-0.15, -0.1) is 0 Å². The van der Waals surface area contributed by atoms with Crippen LogP contribution in [0, 0.1) is 5.89 Å². The van der Waals surface area contributed by atoms with Crippen LogP contribution in [0.4, 0.5) is 0 Å². The Hall–Kier alpha value is -0.0400. The predicted octanol–water partition coefficient (Wildman–Crippen LogP) is 2.20. The van der Waals surface area contributed by atoms with E-state index in [0.29, 0.717) is 19.3 Å². The summed E-state index contributed by atoms with van der Waals surface area (Å²) in [6.45, 7) is -5.65. The summed E-state index contributed by atoms with van der Waals surface area (Å²) < 4.78 is 50.6. The fraction of sp³-hybridized carbons (Fsp3) is 1.00. The fourth-order valence-electron chi connectivity index (χ4n) is 0.590. The van der Waals surface area contributed by atoms with Crippen LogP contribution in [-0.4, -0.2) is 11.7 Å². The van der Waals surface area contributed by atoms with Gasteiger partial charge in [-0.3, -0.25) is 0 Å². The first-order valence-electron chi connectivity index (χ1n) is 6.67. The molecular weight excluding hydrogens is 112 g/mol. The highest BCUT2D eigenvalue weighted by molar-refractivity contribution is 4.45. The van der Waals surface area contributed by atoms with E-state index in [4.69, 9.17) is 14.7 Å². The zero-order chi connectivity index (χ0) is 13.0. The largest absolute Gasteiger partial charge is 0.396 e. The Balaban J connectivity index is 4.59. The van der Waals surface area contributed by atoms with Gasteiger partial charge in [-0.1, -0.05) is 33.0 Å². The Morgan fingerprint density at radius 2 is 2.22 bits per heavy atom. The standard InChI is InChI=1S/C8H18O/c1-8(2)6-4-3-5-7-9/h8-9H,3-7H2,1-2H3/i1D3,2D3,8D. The van der Waals surface area contributed by atoms with Crippen molar-refractivity contribution in [2.24, 2.45) is 5.89 Å². The van der Waals surface area contributed by atoms with Gasteiger partial charge in [0.2, 0.25) is 0 Å². The number of aliphatic hydroxyl groups excluding tert-OH is 1. The van der Waals surface area contributed by atoms with Crippen LogP contribution >= 0.6 is 0 Å². The van der Waals surface area contributed by atoms with Crippen LogP contribution in [0.1, 0.15) is 49.0 Å². The third-order valence-electron chi connectivity index (χ3n) is 1.08. The van der Waals surface area contributed by atoms with E-state index in [1.54, 1.807) is 0 Å². The SMILES string of the molecule is [2H]C([2H])([2H])C([2H])(CCCCCO)C([2H])([2H])[2H]. The molecule has 0 atom stereocenters. The molecule has 0 aliphatic heterocycles. The smallest absolute Gasteiger partial charge is 0.0431 e.